The molecule has 0 radical (unpaired) electrons. The van der Waals surface area contributed by atoms with E-state index in [4.69, 9.17) is 9.15 Å². The van der Waals surface area contributed by atoms with Gasteiger partial charge in [0.1, 0.15) is 5.76 Å². The fraction of sp³-hybridized carbons (Fsp3) is 0.381. The van der Waals surface area contributed by atoms with Crippen LogP contribution >= 0.6 is 11.8 Å². The largest absolute Gasteiger partial charge is 0.467 e. The first-order valence-electron chi connectivity index (χ1n) is 9.19. The van der Waals surface area contributed by atoms with Crippen LogP contribution in [0.5, 0.6) is 0 Å². The molecule has 0 spiro atoms. The lowest BCUT2D eigenvalue weighted by atomic mass is 10.1. The molecule has 2 aromatic rings. The van der Waals surface area contributed by atoms with Crippen LogP contribution in [0.3, 0.4) is 0 Å². The SMILES string of the molecule is C[C@@H](OC(=O)c1ccccc1SCC(=O)NCc1ccco1)C(=O)NC(C)(C)C. The molecule has 2 rings (SSSR count). The summed E-state index contributed by atoms with van der Waals surface area (Å²) in [6, 6.07) is 10.4. The number of thioether (sulfide) groups is 1. The normalized spacial score (nSPS) is 12.1. The van der Waals surface area contributed by atoms with Crippen LogP contribution in [0.4, 0.5) is 0 Å². The molecule has 0 fully saturated rings. The minimum absolute atomic E-state index is 0.130. The maximum Gasteiger partial charge on any atom is 0.340 e. The van der Waals surface area contributed by atoms with Gasteiger partial charge in [0, 0.05) is 10.4 Å². The summed E-state index contributed by atoms with van der Waals surface area (Å²) in [5, 5.41) is 5.52. The number of carbonyl (C=O) groups excluding carboxylic acids is 3. The van der Waals surface area contributed by atoms with Crippen LogP contribution in [0.1, 0.15) is 43.8 Å². The number of nitrogens with one attached hydrogen (secondary N) is 2. The van der Waals surface area contributed by atoms with Gasteiger partial charge in [-0.25, -0.2) is 4.79 Å². The Bertz CT molecular complexity index is 843. The highest BCUT2D eigenvalue weighted by Crippen LogP contribution is 2.23. The van der Waals surface area contributed by atoms with E-state index in [1.807, 2.05) is 20.8 Å². The molecule has 1 atom stereocenters. The average molecular weight is 419 g/mol. The van der Waals surface area contributed by atoms with E-state index in [0.717, 1.165) is 0 Å². The number of esters is 1. The summed E-state index contributed by atoms with van der Waals surface area (Å²) in [5.74, 6) is -0.373. The summed E-state index contributed by atoms with van der Waals surface area (Å²) in [4.78, 5) is 37.3. The monoisotopic (exact) mass is 418 g/mol. The lowest BCUT2D eigenvalue weighted by Crippen LogP contribution is -2.46. The van der Waals surface area contributed by atoms with Crippen LogP contribution in [0.15, 0.2) is 52.0 Å². The molecule has 0 aliphatic heterocycles. The highest BCUT2D eigenvalue weighted by molar-refractivity contribution is 8.00. The van der Waals surface area contributed by atoms with Crippen molar-refractivity contribution in [3.63, 3.8) is 0 Å². The Kier molecular flexibility index (Phi) is 7.90. The van der Waals surface area contributed by atoms with Crippen molar-refractivity contribution < 1.29 is 23.5 Å². The van der Waals surface area contributed by atoms with Gasteiger partial charge in [-0.05, 0) is 52.0 Å². The van der Waals surface area contributed by atoms with Crippen molar-refractivity contribution in [1.29, 1.82) is 0 Å². The van der Waals surface area contributed by atoms with Crippen LogP contribution in [0, 0.1) is 0 Å². The van der Waals surface area contributed by atoms with Crippen LogP contribution in [0.25, 0.3) is 0 Å². The summed E-state index contributed by atoms with van der Waals surface area (Å²) in [6.45, 7) is 7.38. The third-order valence-electron chi connectivity index (χ3n) is 3.66. The van der Waals surface area contributed by atoms with E-state index in [2.05, 4.69) is 10.6 Å². The van der Waals surface area contributed by atoms with Crippen LogP contribution in [-0.2, 0) is 20.9 Å². The van der Waals surface area contributed by atoms with Gasteiger partial charge in [0.15, 0.2) is 6.10 Å². The van der Waals surface area contributed by atoms with Crippen molar-refractivity contribution >= 4 is 29.5 Å². The van der Waals surface area contributed by atoms with Crippen molar-refractivity contribution in [2.75, 3.05) is 5.75 Å². The predicted octanol–water partition coefficient (Wildman–Crippen LogP) is 3.15. The zero-order chi connectivity index (χ0) is 21.4. The molecule has 156 valence electrons. The average Bonchev–Trinajstić information content (AvgIpc) is 3.17. The number of amides is 2. The molecule has 29 heavy (non-hydrogen) atoms. The van der Waals surface area contributed by atoms with Crippen molar-refractivity contribution in [3.8, 4) is 0 Å². The van der Waals surface area contributed by atoms with E-state index in [0.29, 0.717) is 22.8 Å². The molecule has 1 aromatic carbocycles. The summed E-state index contributed by atoms with van der Waals surface area (Å²) < 4.78 is 10.5. The molecule has 7 nitrogen and oxygen atoms in total. The maximum atomic E-state index is 12.5. The Morgan fingerprint density at radius 1 is 1.14 bits per heavy atom. The van der Waals surface area contributed by atoms with Crippen LogP contribution in [0.2, 0.25) is 0 Å². The first-order chi connectivity index (χ1) is 13.7. The van der Waals surface area contributed by atoms with Gasteiger partial charge in [0.25, 0.3) is 5.91 Å². The summed E-state index contributed by atoms with van der Waals surface area (Å²) in [6.07, 6.45) is 0.609. The van der Waals surface area contributed by atoms with Gasteiger partial charge in [0.2, 0.25) is 5.91 Å². The molecule has 0 unspecified atom stereocenters. The zero-order valence-electron chi connectivity index (χ0n) is 17.0. The van der Waals surface area contributed by atoms with Gasteiger partial charge in [-0.15, -0.1) is 11.8 Å². The van der Waals surface area contributed by atoms with Gasteiger partial charge < -0.3 is 19.8 Å². The second-order valence-corrected chi connectivity index (χ2v) is 8.44. The first kappa shape index (κ1) is 22.5. The van der Waals surface area contributed by atoms with Gasteiger partial charge in [-0.3, -0.25) is 9.59 Å². The molecule has 0 saturated heterocycles. The second kappa shape index (κ2) is 10.2. The molecule has 0 bridgehead atoms. The molecule has 0 aliphatic carbocycles. The molecular weight excluding hydrogens is 392 g/mol. The number of carbonyl (C=O) groups is 3. The number of hydrogen-bond donors (Lipinski definition) is 2. The Hall–Kier alpha value is -2.74. The van der Waals surface area contributed by atoms with Gasteiger partial charge in [-0.2, -0.15) is 0 Å². The third kappa shape index (κ3) is 7.65. The zero-order valence-corrected chi connectivity index (χ0v) is 17.8. The standard InChI is InChI=1S/C21H26N2O5S/c1-14(19(25)23-21(2,3)4)28-20(26)16-9-5-6-10-17(16)29-13-18(24)22-12-15-8-7-11-27-15/h5-11,14H,12-13H2,1-4H3,(H,22,24)(H,23,25)/t14-/m1/s1. The van der Waals surface area contributed by atoms with Gasteiger partial charge in [-0.1, -0.05) is 12.1 Å². The smallest absolute Gasteiger partial charge is 0.340 e. The third-order valence-corrected chi connectivity index (χ3v) is 4.73. The van der Waals surface area contributed by atoms with Crippen molar-refractivity contribution in [1.82, 2.24) is 10.6 Å². The van der Waals surface area contributed by atoms with E-state index in [1.54, 1.807) is 42.7 Å². The second-order valence-electron chi connectivity index (χ2n) is 7.43. The molecule has 0 aliphatic rings. The first-order valence-corrected chi connectivity index (χ1v) is 10.2. The van der Waals surface area contributed by atoms with E-state index < -0.39 is 17.6 Å². The van der Waals surface area contributed by atoms with Crippen molar-refractivity contribution in [2.45, 2.75) is 50.8 Å². The molecule has 1 heterocycles. The Labute approximate surface area is 174 Å². The van der Waals surface area contributed by atoms with Crippen LogP contribution < -0.4 is 10.6 Å². The number of rotatable bonds is 8. The number of hydrogen-bond acceptors (Lipinski definition) is 6. The topological polar surface area (TPSA) is 97.6 Å². The van der Waals surface area contributed by atoms with Gasteiger partial charge >= 0.3 is 5.97 Å². The molecular formula is C21H26N2O5S. The summed E-state index contributed by atoms with van der Waals surface area (Å²) in [5.41, 5.74) is -0.110. The van der Waals surface area contributed by atoms with Crippen molar-refractivity contribution in [3.05, 3.63) is 54.0 Å². The van der Waals surface area contributed by atoms with E-state index >= 15 is 0 Å². The fourth-order valence-electron chi connectivity index (χ4n) is 2.30. The van der Waals surface area contributed by atoms with Crippen LogP contribution in [-0.4, -0.2) is 35.2 Å². The quantitative estimate of drug-likeness (QED) is 0.505. The molecule has 1 aromatic heterocycles. The molecule has 8 heteroatoms. The lowest BCUT2D eigenvalue weighted by molar-refractivity contribution is -0.130. The molecule has 0 saturated carbocycles. The van der Waals surface area contributed by atoms with Gasteiger partial charge in [0.05, 0.1) is 24.1 Å². The Morgan fingerprint density at radius 3 is 2.52 bits per heavy atom. The number of benzene rings is 1. The minimum Gasteiger partial charge on any atom is -0.467 e. The summed E-state index contributed by atoms with van der Waals surface area (Å²) in [7, 11) is 0. The van der Waals surface area contributed by atoms with E-state index in [1.165, 1.54) is 18.7 Å². The predicted molar refractivity (Wildman–Crippen MR) is 110 cm³/mol. The highest BCUT2D eigenvalue weighted by Gasteiger charge is 2.24. The lowest BCUT2D eigenvalue weighted by Gasteiger charge is -2.23. The molecule has 2 N–H and O–H groups in total. The maximum absolute atomic E-state index is 12.5. The number of furan rings is 1. The fourth-order valence-corrected chi connectivity index (χ4v) is 3.17. The summed E-state index contributed by atoms with van der Waals surface area (Å²) >= 11 is 1.22. The number of ether oxygens (including phenoxy) is 1. The van der Waals surface area contributed by atoms with Crippen molar-refractivity contribution in [2.24, 2.45) is 0 Å². The highest BCUT2D eigenvalue weighted by atomic mass is 32.2. The molecule has 2 amide bonds. The Morgan fingerprint density at radius 2 is 1.86 bits per heavy atom. The van der Waals surface area contributed by atoms with E-state index in [9.17, 15) is 14.4 Å². The Balaban J connectivity index is 1.92. The minimum atomic E-state index is -0.934. The van der Waals surface area contributed by atoms with E-state index in [-0.39, 0.29) is 17.6 Å².